The highest BCUT2D eigenvalue weighted by molar-refractivity contribution is 5.80. The predicted octanol–water partition coefficient (Wildman–Crippen LogP) is 2.77. The van der Waals surface area contributed by atoms with E-state index in [0.29, 0.717) is 5.92 Å². The maximum absolute atomic E-state index is 13.2. The van der Waals surface area contributed by atoms with E-state index in [1.807, 2.05) is 6.07 Å². The van der Waals surface area contributed by atoms with E-state index in [1.54, 1.807) is 6.07 Å². The first kappa shape index (κ1) is 11.7. The number of halogens is 1. The van der Waals surface area contributed by atoms with Crippen molar-refractivity contribution in [3.8, 4) is 0 Å². The number of carbonyl (C=O) groups excluding carboxylic acids is 1. The molecule has 1 N–H and O–H groups in total. The van der Waals surface area contributed by atoms with Gasteiger partial charge < -0.3 is 5.32 Å². The molecular formula is C15H18FNO. The molecule has 2 aliphatic carbocycles. The Morgan fingerprint density at radius 3 is 2.94 bits per heavy atom. The summed E-state index contributed by atoms with van der Waals surface area (Å²) in [6.45, 7) is 0.718. The molecule has 0 saturated heterocycles. The fourth-order valence-corrected chi connectivity index (χ4v) is 2.82. The van der Waals surface area contributed by atoms with Crippen molar-refractivity contribution in [2.75, 3.05) is 6.54 Å². The van der Waals surface area contributed by atoms with Crippen molar-refractivity contribution < 1.29 is 9.18 Å². The van der Waals surface area contributed by atoms with Crippen LogP contribution in [-0.2, 0) is 11.2 Å². The van der Waals surface area contributed by atoms with Crippen LogP contribution in [0.1, 0.15) is 42.7 Å². The summed E-state index contributed by atoms with van der Waals surface area (Å²) in [5.41, 5.74) is 2.42. The van der Waals surface area contributed by atoms with Crippen LogP contribution in [-0.4, -0.2) is 12.5 Å². The van der Waals surface area contributed by atoms with Gasteiger partial charge >= 0.3 is 0 Å². The number of hydrogen-bond acceptors (Lipinski definition) is 1. The number of aryl methyl sites for hydroxylation is 1. The van der Waals surface area contributed by atoms with E-state index in [9.17, 15) is 9.18 Å². The van der Waals surface area contributed by atoms with Gasteiger partial charge in [0.1, 0.15) is 5.82 Å². The molecule has 0 heterocycles. The highest BCUT2D eigenvalue weighted by Crippen LogP contribution is 2.35. The summed E-state index contributed by atoms with van der Waals surface area (Å²) in [7, 11) is 0. The number of amides is 1. The van der Waals surface area contributed by atoms with Crippen LogP contribution in [0.15, 0.2) is 18.2 Å². The molecule has 0 radical (unpaired) electrons. The Labute approximate surface area is 107 Å². The SMILES string of the molecule is O=C(NCCC1CCc2ccc(F)cc21)C1CC1. The van der Waals surface area contributed by atoms with Crippen LogP contribution in [0, 0.1) is 11.7 Å². The van der Waals surface area contributed by atoms with Crippen molar-refractivity contribution in [2.45, 2.75) is 38.0 Å². The van der Waals surface area contributed by atoms with Gasteiger partial charge in [0, 0.05) is 12.5 Å². The molecule has 2 nitrogen and oxygen atoms in total. The second-order valence-electron chi connectivity index (χ2n) is 5.43. The smallest absolute Gasteiger partial charge is 0.223 e. The van der Waals surface area contributed by atoms with Gasteiger partial charge in [-0.15, -0.1) is 0 Å². The van der Waals surface area contributed by atoms with Gasteiger partial charge in [-0.1, -0.05) is 6.07 Å². The van der Waals surface area contributed by atoms with Gasteiger partial charge in [-0.05, 0) is 61.3 Å². The van der Waals surface area contributed by atoms with Crippen molar-refractivity contribution >= 4 is 5.91 Å². The van der Waals surface area contributed by atoms with Crippen molar-refractivity contribution in [3.63, 3.8) is 0 Å². The molecule has 1 unspecified atom stereocenters. The summed E-state index contributed by atoms with van der Waals surface area (Å²) in [5, 5.41) is 2.98. The van der Waals surface area contributed by atoms with Gasteiger partial charge in [-0.2, -0.15) is 0 Å². The molecule has 3 rings (SSSR count). The maximum Gasteiger partial charge on any atom is 0.223 e. The first-order valence-corrected chi connectivity index (χ1v) is 6.80. The Hall–Kier alpha value is -1.38. The Morgan fingerprint density at radius 2 is 2.17 bits per heavy atom. The van der Waals surface area contributed by atoms with E-state index in [-0.39, 0.29) is 17.6 Å². The average molecular weight is 247 g/mol. The Kier molecular flexibility index (Phi) is 3.06. The first-order chi connectivity index (χ1) is 8.74. The quantitative estimate of drug-likeness (QED) is 0.871. The second-order valence-corrected chi connectivity index (χ2v) is 5.43. The lowest BCUT2D eigenvalue weighted by Crippen LogP contribution is -2.26. The molecule has 96 valence electrons. The maximum atomic E-state index is 13.2. The molecule has 0 bridgehead atoms. The fourth-order valence-electron chi connectivity index (χ4n) is 2.82. The molecule has 1 atom stereocenters. The normalized spacial score (nSPS) is 21.7. The van der Waals surface area contributed by atoms with Crippen LogP contribution in [0.5, 0.6) is 0 Å². The molecule has 2 aliphatic rings. The lowest BCUT2D eigenvalue weighted by Gasteiger charge is -2.12. The van der Waals surface area contributed by atoms with Gasteiger partial charge in [-0.25, -0.2) is 4.39 Å². The Balaban J connectivity index is 1.55. The standard InChI is InChI=1S/C15H18FNO/c16-13-6-5-10-1-2-11(14(10)9-13)7-8-17-15(18)12-3-4-12/h5-6,9,11-12H,1-4,7-8H2,(H,17,18). The number of carbonyl (C=O) groups is 1. The zero-order valence-corrected chi connectivity index (χ0v) is 10.4. The van der Waals surface area contributed by atoms with E-state index in [4.69, 9.17) is 0 Å². The van der Waals surface area contributed by atoms with Crippen LogP contribution in [0.25, 0.3) is 0 Å². The van der Waals surface area contributed by atoms with Crippen molar-refractivity contribution in [3.05, 3.63) is 35.1 Å². The number of fused-ring (bicyclic) bond motifs is 1. The summed E-state index contributed by atoms with van der Waals surface area (Å²) in [6, 6.07) is 5.10. The zero-order valence-electron chi connectivity index (χ0n) is 10.4. The topological polar surface area (TPSA) is 29.1 Å². The predicted molar refractivity (Wildman–Crippen MR) is 67.8 cm³/mol. The minimum Gasteiger partial charge on any atom is -0.356 e. The van der Waals surface area contributed by atoms with Crippen LogP contribution >= 0.6 is 0 Å². The summed E-state index contributed by atoms with van der Waals surface area (Å²) in [6.07, 6.45) is 5.14. The lowest BCUT2D eigenvalue weighted by atomic mass is 9.98. The third-order valence-electron chi connectivity index (χ3n) is 4.05. The molecule has 1 aromatic rings. The molecule has 1 fully saturated rings. The number of rotatable bonds is 4. The molecular weight excluding hydrogens is 229 g/mol. The Bertz CT molecular complexity index is 468. The van der Waals surface area contributed by atoms with E-state index in [2.05, 4.69) is 5.32 Å². The summed E-state index contributed by atoms with van der Waals surface area (Å²) >= 11 is 0. The van der Waals surface area contributed by atoms with E-state index in [1.165, 1.54) is 11.6 Å². The molecule has 3 heteroatoms. The van der Waals surface area contributed by atoms with Gasteiger partial charge in [0.05, 0.1) is 0 Å². The van der Waals surface area contributed by atoms with Gasteiger partial charge in [-0.3, -0.25) is 4.79 Å². The fraction of sp³-hybridized carbons (Fsp3) is 0.533. The molecule has 18 heavy (non-hydrogen) atoms. The molecule has 0 aliphatic heterocycles. The largest absolute Gasteiger partial charge is 0.356 e. The zero-order chi connectivity index (χ0) is 12.5. The van der Waals surface area contributed by atoms with Crippen molar-refractivity contribution in [1.82, 2.24) is 5.32 Å². The van der Waals surface area contributed by atoms with Gasteiger partial charge in [0.15, 0.2) is 0 Å². The van der Waals surface area contributed by atoms with Crippen LogP contribution in [0.3, 0.4) is 0 Å². The second kappa shape index (κ2) is 4.71. The van der Waals surface area contributed by atoms with Gasteiger partial charge in [0.2, 0.25) is 5.91 Å². The highest BCUT2D eigenvalue weighted by Gasteiger charge is 2.29. The molecule has 1 amide bonds. The third kappa shape index (κ3) is 2.40. The first-order valence-electron chi connectivity index (χ1n) is 6.80. The Morgan fingerprint density at radius 1 is 1.33 bits per heavy atom. The summed E-state index contributed by atoms with van der Waals surface area (Å²) < 4.78 is 13.2. The van der Waals surface area contributed by atoms with Crippen molar-refractivity contribution in [2.24, 2.45) is 5.92 Å². The monoisotopic (exact) mass is 247 g/mol. The van der Waals surface area contributed by atoms with E-state index in [0.717, 1.165) is 44.2 Å². The van der Waals surface area contributed by atoms with Crippen LogP contribution in [0.2, 0.25) is 0 Å². The number of nitrogens with one attached hydrogen (secondary N) is 1. The van der Waals surface area contributed by atoms with E-state index < -0.39 is 0 Å². The summed E-state index contributed by atoms with van der Waals surface area (Å²) in [4.78, 5) is 11.5. The van der Waals surface area contributed by atoms with Gasteiger partial charge in [0.25, 0.3) is 0 Å². The highest BCUT2D eigenvalue weighted by atomic mass is 19.1. The minimum absolute atomic E-state index is 0.150. The molecule has 1 aromatic carbocycles. The van der Waals surface area contributed by atoms with E-state index >= 15 is 0 Å². The number of hydrogen-bond donors (Lipinski definition) is 1. The van der Waals surface area contributed by atoms with Crippen LogP contribution in [0.4, 0.5) is 4.39 Å². The third-order valence-corrected chi connectivity index (χ3v) is 4.05. The van der Waals surface area contributed by atoms with Crippen LogP contribution < -0.4 is 5.32 Å². The molecule has 0 aromatic heterocycles. The molecule has 0 spiro atoms. The lowest BCUT2D eigenvalue weighted by molar-refractivity contribution is -0.122. The molecule has 1 saturated carbocycles. The minimum atomic E-state index is -0.150. The van der Waals surface area contributed by atoms with Crippen molar-refractivity contribution in [1.29, 1.82) is 0 Å². The number of benzene rings is 1. The summed E-state index contributed by atoms with van der Waals surface area (Å²) in [5.74, 6) is 0.739. The average Bonchev–Trinajstić information content (AvgIpc) is 3.13.